The molecule has 0 radical (unpaired) electrons. The van der Waals surface area contributed by atoms with Gasteiger partial charge in [0.05, 0.1) is 25.0 Å². The topological polar surface area (TPSA) is 44.2 Å². The first-order valence-corrected chi connectivity index (χ1v) is 7.30. The van der Waals surface area contributed by atoms with Crippen LogP contribution in [-0.4, -0.2) is 22.7 Å². The van der Waals surface area contributed by atoms with Gasteiger partial charge in [0.2, 0.25) is 0 Å². The second-order valence-corrected chi connectivity index (χ2v) is 4.99. The predicted octanol–water partition coefficient (Wildman–Crippen LogP) is 3.16. The molecule has 0 saturated heterocycles. The minimum atomic E-state index is 0.121. The Hall–Kier alpha value is -1.78. The summed E-state index contributed by atoms with van der Waals surface area (Å²) in [5.41, 5.74) is 3.22. The van der Waals surface area contributed by atoms with Gasteiger partial charge in [-0.2, -0.15) is 0 Å². The van der Waals surface area contributed by atoms with Crippen LogP contribution < -0.4 is 0 Å². The van der Waals surface area contributed by atoms with Crippen molar-refractivity contribution < 1.29 is 9.47 Å². The van der Waals surface area contributed by atoms with Gasteiger partial charge in [-0.15, -0.1) is 0 Å². The number of rotatable bonds is 8. The SMILES string of the molecule is CCOCc1cncc(CC(C)OCc2ccccn2)c1. The van der Waals surface area contributed by atoms with Gasteiger partial charge >= 0.3 is 0 Å². The molecule has 2 heterocycles. The van der Waals surface area contributed by atoms with Crippen molar-refractivity contribution in [3.63, 3.8) is 0 Å². The highest BCUT2D eigenvalue weighted by Gasteiger charge is 2.06. The average Bonchev–Trinajstić information content (AvgIpc) is 2.52. The van der Waals surface area contributed by atoms with E-state index in [4.69, 9.17) is 9.47 Å². The predicted molar refractivity (Wildman–Crippen MR) is 81.8 cm³/mol. The fourth-order valence-corrected chi connectivity index (χ4v) is 2.05. The number of hydrogen-bond acceptors (Lipinski definition) is 4. The van der Waals surface area contributed by atoms with Gasteiger partial charge in [0.1, 0.15) is 0 Å². The van der Waals surface area contributed by atoms with E-state index < -0.39 is 0 Å². The zero-order chi connectivity index (χ0) is 14.9. The van der Waals surface area contributed by atoms with E-state index >= 15 is 0 Å². The lowest BCUT2D eigenvalue weighted by Crippen LogP contribution is -2.12. The van der Waals surface area contributed by atoms with E-state index in [2.05, 4.69) is 23.0 Å². The molecule has 2 rings (SSSR count). The monoisotopic (exact) mass is 286 g/mol. The molecule has 0 saturated carbocycles. The molecule has 21 heavy (non-hydrogen) atoms. The normalized spacial score (nSPS) is 12.3. The van der Waals surface area contributed by atoms with E-state index in [0.29, 0.717) is 19.8 Å². The van der Waals surface area contributed by atoms with Crippen molar-refractivity contribution in [1.29, 1.82) is 0 Å². The van der Waals surface area contributed by atoms with Crippen molar-refractivity contribution >= 4 is 0 Å². The lowest BCUT2D eigenvalue weighted by Gasteiger charge is -2.13. The number of hydrogen-bond donors (Lipinski definition) is 0. The quantitative estimate of drug-likeness (QED) is 0.747. The van der Waals surface area contributed by atoms with E-state index in [1.54, 1.807) is 6.20 Å². The van der Waals surface area contributed by atoms with Gasteiger partial charge in [0.25, 0.3) is 0 Å². The third-order valence-corrected chi connectivity index (χ3v) is 3.09. The molecule has 2 aromatic heterocycles. The van der Waals surface area contributed by atoms with E-state index in [-0.39, 0.29) is 6.10 Å². The van der Waals surface area contributed by atoms with Crippen LogP contribution >= 0.6 is 0 Å². The molecular weight excluding hydrogens is 264 g/mol. The molecule has 0 N–H and O–H groups in total. The highest BCUT2D eigenvalue weighted by molar-refractivity contribution is 5.18. The Morgan fingerprint density at radius 3 is 2.76 bits per heavy atom. The van der Waals surface area contributed by atoms with Crippen LogP contribution in [0.1, 0.15) is 30.7 Å². The van der Waals surface area contributed by atoms with Crippen molar-refractivity contribution in [2.45, 2.75) is 39.6 Å². The zero-order valence-electron chi connectivity index (χ0n) is 12.7. The molecule has 2 aromatic rings. The van der Waals surface area contributed by atoms with Gasteiger partial charge in [0.15, 0.2) is 0 Å². The number of pyridine rings is 2. The molecule has 0 bridgehead atoms. The molecule has 0 aliphatic rings. The summed E-state index contributed by atoms with van der Waals surface area (Å²) in [4.78, 5) is 8.51. The summed E-state index contributed by atoms with van der Waals surface area (Å²) in [5.74, 6) is 0. The van der Waals surface area contributed by atoms with Gasteiger partial charge in [-0.1, -0.05) is 12.1 Å². The Bertz CT molecular complexity index is 531. The summed E-state index contributed by atoms with van der Waals surface area (Å²) < 4.78 is 11.2. The van der Waals surface area contributed by atoms with Crippen molar-refractivity contribution in [3.05, 3.63) is 59.7 Å². The molecule has 0 aliphatic heterocycles. The van der Waals surface area contributed by atoms with Crippen LogP contribution in [0.5, 0.6) is 0 Å². The molecular formula is C17H22N2O2. The van der Waals surface area contributed by atoms with E-state index in [1.807, 2.05) is 37.5 Å². The fourth-order valence-electron chi connectivity index (χ4n) is 2.05. The molecule has 0 spiro atoms. The number of aromatic nitrogens is 2. The highest BCUT2D eigenvalue weighted by Crippen LogP contribution is 2.10. The Morgan fingerprint density at radius 1 is 1.14 bits per heavy atom. The third-order valence-electron chi connectivity index (χ3n) is 3.09. The Balaban J connectivity index is 1.83. The summed E-state index contributed by atoms with van der Waals surface area (Å²) >= 11 is 0. The summed E-state index contributed by atoms with van der Waals surface area (Å²) in [6, 6.07) is 7.97. The number of ether oxygens (including phenoxy) is 2. The molecule has 4 nitrogen and oxygen atoms in total. The lowest BCUT2D eigenvalue weighted by atomic mass is 10.1. The van der Waals surface area contributed by atoms with Crippen LogP contribution in [0.15, 0.2) is 42.9 Å². The van der Waals surface area contributed by atoms with Gasteiger partial charge in [-0.05, 0) is 43.5 Å². The van der Waals surface area contributed by atoms with Gasteiger partial charge in [-0.25, -0.2) is 0 Å². The first kappa shape index (κ1) is 15.6. The van der Waals surface area contributed by atoms with Crippen LogP contribution in [0.4, 0.5) is 0 Å². The number of nitrogens with zero attached hydrogens (tertiary/aromatic N) is 2. The van der Waals surface area contributed by atoms with Crippen molar-refractivity contribution in [2.75, 3.05) is 6.61 Å². The van der Waals surface area contributed by atoms with Crippen molar-refractivity contribution in [1.82, 2.24) is 9.97 Å². The Kier molecular flexibility index (Phi) is 6.31. The molecule has 1 unspecified atom stereocenters. The van der Waals surface area contributed by atoms with Crippen LogP contribution in [0.25, 0.3) is 0 Å². The molecule has 0 aliphatic carbocycles. The first-order chi connectivity index (χ1) is 10.3. The summed E-state index contributed by atoms with van der Waals surface area (Å²) in [7, 11) is 0. The maximum Gasteiger partial charge on any atom is 0.0891 e. The minimum absolute atomic E-state index is 0.121. The standard InChI is InChI=1S/C17H22N2O2/c1-3-20-12-16-9-15(10-18-11-16)8-14(2)21-13-17-6-4-5-7-19-17/h4-7,9-11,14H,3,8,12-13H2,1-2H3. The summed E-state index contributed by atoms with van der Waals surface area (Å²) in [6.45, 7) is 5.92. The smallest absolute Gasteiger partial charge is 0.0891 e. The average molecular weight is 286 g/mol. The van der Waals surface area contributed by atoms with Crippen molar-refractivity contribution in [2.24, 2.45) is 0 Å². The maximum atomic E-state index is 5.83. The fraction of sp³-hybridized carbons (Fsp3) is 0.412. The van der Waals surface area contributed by atoms with Gasteiger partial charge in [0, 0.05) is 25.2 Å². The van der Waals surface area contributed by atoms with Gasteiger partial charge < -0.3 is 9.47 Å². The second-order valence-electron chi connectivity index (χ2n) is 4.99. The Morgan fingerprint density at radius 2 is 2.00 bits per heavy atom. The minimum Gasteiger partial charge on any atom is -0.377 e. The van der Waals surface area contributed by atoms with E-state index in [1.165, 1.54) is 5.56 Å². The van der Waals surface area contributed by atoms with Gasteiger partial charge in [-0.3, -0.25) is 9.97 Å². The molecule has 1 atom stereocenters. The van der Waals surface area contributed by atoms with Crippen LogP contribution in [0.2, 0.25) is 0 Å². The van der Waals surface area contributed by atoms with Crippen molar-refractivity contribution in [3.8, 4) is 0 Å². The van der Waals surface area contributed by atoms with Crippen LogP contribution in [0, 0.1) is 0 Å². The second kappa shape index (κ2) is 8.49. The Labute approximate surface area is 126 Å². The maximum absolute atomic E-state index is 5.83. The van der Waals surface area contributed by atoms with Crippen LogP contribution in [-0.2, 0) is 29.1 Å². The lowest BCUT2D eigenvalue weighted by molar-refractivity contribution is 0.0514. The summed E-state index contributed by atoms with van der Waals surface area (Å²) in [6.07, 6.45) is 6.47. The molecule has 0 aromatic carbocycles. The van der Waals surface area contributed by atoms with E-state index in [9.17, 15) is 0 Å². The molecule has 112 valence electrons. The highest BCUT2D eigenvalue weighted by atomic mass is 16.5. The first-order valence-electron chi connectivity index (χ1n) is 7.30. The third kappa shape index (κ3) is 5.61. The summed E-state index contributed by atoms with van der Waals surface area (Å²) in [5, 5.41) is 0. The molecule has 4 heteroatoms. The van der Waals surface area contributed by atoms with E-state index in [0.717, 1.165) is 17.7 Å². The molecule has 0 amide bonds. The largest absolute Gasteiger partial charge is 0.377 e. The molecule has 0 fully saturated rings. The zero-order valence-corrected chi connectivity index (χ0v) is 12.7. The van der Waals surface area contributed by atoms with Crippen LogP contribution in [0.3, 0.4) is 0 Å².